The highest BCUT2D eigenvalue weighted by atomic mass is 16.5. The number of amides is 1. The molecule has 0 unspecified atom stereocenters. The molecule has 1 aromatic rings. The molecule has 2 rings (SSSR count). The summed E-state index contributed by atoms with van der Waals surface area (Å²) in [6, 6.07) is 7.83. The van der Waals surface area contributed by atoms with E-state index in [1.807, 2.05) is 18.2 Å². The maximum Gasteiger partial charge on any atom is 0.253 e. The average molecular weight is 390 g/mol. The van der Waals surface area contributed by atoms with Crippen molar-refractivity contribution in [3.63, 3.8) is 0 Å². The molecule has 156 valence electrons. The number of carbonyl (C=O) groups excluding carboxylic acids is 1. The summed E-state index contributed by atoms with van der Waals surface area (Å²) < 4.78 is 5.38. The second kappa shape index (κ2) is 12.4. The van der Waals surface area contributed by atoms with E-state index >= 15 is 0 Å². The van der Waals surface area contributed by atoms with Gasteiger partial charge in [-0.3, -0.25) is 14.7 Å². The van der Waals surface area contributed by atoms with Gasteiger partial charge in [0.2, 0.25) is 0 Å². The molecule has 1 saturated heterocycles. The van der Waals surface area contributed by atoms with Crippen LogP contribution in [0.5, 0.6) is 0 Å². The van der Waals surface area contributed by atoms with Crippen molar-refractivity contribution in [1.29, 1.82) is 0 Å². The lowest BCUT2D eigenvalue weighted by Gasteiger charge is -2.26. The number of hydrogen-bond acceptors (Lipinski definition) is 4. The van der Waals surface area contributed by atoms with Crippen molar-refractivity contribution in [2.75, 3.05) is 66.6 Å². The monoisotopic (exact) mass is 389 g/mol. The number of guanidine groups is 1. The first kappa shape index (κ1) is 22.2. The number of nitrogens with one attached hydrogen (secondary N) is 2. The molecule has 1 aliphatic rings. The molecule has 0 aliphatic carbocycles. The Balaban J connectivity index is 1.76. The number of carbonyl (C=O) groups is 1. The van der Waals surface area contributed by atoms with Crippen LogP contribution in [0, 0.1) is 0 Å². The predicted octanol–water partition coefficient (Wildman–Crippen LogP) is 1.21. The molecule has 0 aromatic heterocycles. The molecule has 0 spiro atoms. The smallest absolute Gasteiger partial charge is 0.253 e. The van der Waals surface area contributed by atoms with Gasteiger partial charge in [-0.2, -0.15) is 0 Å². The zero-order chi connectivity index (χ0) is 20.2. The van der Waals surface area contributed by atoms with Crippen LogP contribution in [0.25, 0.3) is 0 Å². The van der Waals surface area contributed by atoms with Crippen LogP contribution in [0.3, 0.4) is 0 Å². The Morgan fingerprint density at radius 2 is 2.04 bits per heavy atom. The third-order valence-corrected chi connectivity index (χ3v) is 4.64. The van der Waals surface area contributed by atoms with Gasteiger partial charge in [0.25, 0.3) is 5.91 Å². The first-order chi connectivity index (χ1) is 13.6. The fourth-order valence-corrected chi connectivity index (χ4v) is 3.10. The minimum Gasteiger partial charge on any atom is -0.379 e. The zero-order valence-corrected chi connectivity index (χ0v) is 17.5. The van der Waals surface area contributed by atoms with Crippen LogP contribution in [0.2, 0.25) is 0 Å². The largest absolute Gasteiger partial charge is 0.379 e. The lowest BCUT2D eigenvalue weighted by atomic mass is 10.1. The average Bonchev–Trinajstić information content (AvgIpc) is 2.71. The van der Waals surface area contributed by atoms with Crippen LogP contribution in [0.1, 0.15) is 29.3 Å². The van der Waals surface area contributed by atoms with Crippen LogP contribution in [0.15, 0.2) is 29.3 Å². The second-order valence-electron chi connectivity index (χ2n) is 7.14. The standard InChI is InChI=1S/C21H35N5O2/c1-4-22-21(23-10-6-12-26-13-15-28-16-14-26)24-11-9-18-7-5-8-19(17-18)20(27)25(2)3/h5,7-8,17H,4,6,9-16H2,1-3H3,(H2,22,23,24). The van der Waals surface area contributed by atoms with E-state index in [0.717, 1.165) is 82.4 Å². The Hall–Kier alpha value is -2.12. The summed E-state index contributed by atoms with van der Waals surface area (Å²) in [6.45, 7) is 9.29. The van der Waals surface area contributed by atoms with E-state index in [1.165, 1.54) is 0 Å². The molecule has 0 atom stereocenters. The maximum absolute atomic E-state index is 12.1. The molecule has 1 fully saturated rings. The predicted molar refractivity (Wildman–Crippen MR) is 114 cm³/mol. The lowest BCUT2D eigenvalue weighted by molar-refractivity contribution is 0.0377. The normalized spacial score (nSPS) is 15.3. The number of benzene rings is 1. The quantitative estimate of drug-likeness (QED) is 0.377. The molecule has 0 radical (unpaired) electrons. The van der Waals surface area contributed by atoms with Crippen molar-refractivity contribution in [3.8, 4) is 0 Å². The van der Waals surface area contributed by atoms with Crippen LogP contribution in [0.4, 0.5) is 0 Å². The maximum atomic E-state index is 12.1. The molecule has 1 aliphatic heterocycles. The summed E-state index contributed by atoms with van der Waals surface area (Å²) in [4.78, 5) is 20.8. The Morgan fingerprint density at radius 1 is 1.25 bits per heavy atom. The minimum absolute atomic E-state index is 0.0324. The molecule has 0 saturated carbocycles. The SMILES string of the molecule is CCNC(=NCCCN1CCOCC1)NCCc1cccc(C(=O)N(C)C)c1. The topological polar surface area (TPSA) is 69.2 Å². The highest BCUT2D eigenvalue weighted by Gasteiger charge is 2.09. The van der Waals surface area contributed by atoms with Crippen molar-refractivity contribution in [2.24, 2.45) is 4.99 Å². The molecule has 7 heteroatoms. The number of nitrogens with zero attached hydrogens (tertiary/aromatic N) is 3. The van der Waals surface area contributed by atoms with Crippen molar-refractivity contribution in [1.82, 2.24) is 20.4 Å². The van der Waals surface area contributed by atoms with Gasteiger partial charge in [-0.1, -0.05) is 12.1 Å². The van der Waals surface area contributed by atoms with Crippen LogP contribution in [-0.2, 0) is 11.2 Å². The number of aliphatic imine (C=N–C) groups is 1. The number of hydrogen-bond donors (Lipinski definition) is 2. The summed E-state index contributed by atoms with van der Waals surface area (Å²) in [5, 5.41) is 6.69. The molecular weight excluding hydrogens is 354 g/mol. The van der Waals surface area contributed by atoms with E-state index in [1.54, 1.807) is 19.0 Å². The van der Waals surface area contributed by atoms with Gasteiger partial charge in [-0.25, -0.2) is 0 Å². The van der Waals surface area contributed by atoms with E-state index in [2.05, 4.69) is 33.5 Å². The third kappa shape index (κ3) is 7.86. The van der Waals surface area contributed by atoms with E-state index in [4.69, 9.17) is 4.74 Å². The number of morpholine rings is 1. The fourth-order valence-electron chi connectivity index (χ4n) is 3.10. The van der Waals surface area contributed by atoms with Gasteiger partial charge in [-0.15, -0.1) is 0 Å². The molecule has 1 amide bonds. The Kier molecular flexibility index (Phi) is 9.79. The molecule has 7 nitrogen and oxygen atoms in total. The highest BCUT2D eigenvalue weighted by molar-refractivity contribution is 5.94. The fraction of sp³-hybridized carbons (Fsp3) is 0.619. The lowest BCUT2D eigenvalue weighted by Crippen LogP contribution is -2.39. The second-order valence-corrected chi connectivity index (χ2v) is 7.14. The van der Waals surface area contributed by atoms with Crippen LogP contribution < -0.4 is 10.6 Å². The molecule has 0 bridgehead atoms. The van der Waals surface area contributed by atoms with Crippen molar-refractivity contribution in [2.45, 2.75) is 19.8 Å². The van der Waals surface area contributed by atoms with Gasteiger partial charge in [0.15, 0.2) is 5.96 Å². The Labute approximate surface area is 169 Å². The zero-order valence-electron chi connectivity index (χ0n) is 17.5. The molecular formula is C21H35N5O2. The summed E-state index contributed by atoms with van der Waals surface area (Å²) in [7, 11) is 3.55. The van der Waals surface area contributed by atoms with Crippen molar-refractivity contribution < 1.29 is 9.53 Å². The first-order valence-corrected chi connectivity index (χ1v) is 10.2. The Morgan fingerprint density at radius 3 is 2.75 bits per heavy atom. The molecule has 28 heavy (non-hydrogen) atoms. The minimum atomic E-state index is 0.0324. The van der Waals surface area contributed by atoms with Gasteiger partial charge in [0.1, 0.15) is 0 Å². The first-order valence-electron chi connectivity index (χ1n) is 10.2. The van der Waals surface area contributed by atoms with Gasteiger partial charge < -0.3 is 20.3 Å². The number of rotatable bonds is 9. The van der Waals surface area contributed by atoms with Gasteiger partial charge >= 0.3 is 0 Å². The summed E-state index contributed by atoms with van der Waals surface area (Å²) in [5.74, 6) is 0.884. The van der Waals surface area contributed by atoms with Crippen molar-refractivity contribution >= 4 is 11.9 Å². The van der Waals surface area contributed by atoms with E-state index < -0.39 is 0 Å². The third-order valence-electron chi connectivity index (χ3n) is 4.64. The van der Waals surface area contributed by atoms with Crippen LogP contribution in [-0.4, -0.2) is 88.2 Å². The molecule has 2 N–H and O–H groups in total. The molecule has 1 heterocycles. The summed E-state index contributed by atoms with van der Waals surface area (Å²) >= 11 is 0. The summed E-state index contributed by atoms with van der Waals surface area (Å²) in [6.07, 6.45) is 1.89. The Bertz CT molecular complexity index is 627. The number of ether oxygens (including phenoxy) is 1. The highest BCUT2D eigenvalue weighted by Crippen LogP contribution is 2.07. The molecule has 1 aromatic carbocycles. The van der Waals surface area contributed by atoms with E-state index in [-0.39, 0.29) is 5.91 Å². The van der Waals surface area contributed by atoms with Gasteiger partial charge in [0.05, 0.1) is 13.2 Å². The van der Waals surface area contributed by atoms with Gasteiger partial charge in [-0.05, 0) is 37.5 Å². The van der Waals surface area contributed by atoms with Gasteiger partial charge in [0, 0.05) is 58.9 Å². The van der Waals surface area contributed by atoms with Crippen molar-refractivity contribution in [3.05, 3.63) is 35.4 Å². The van der Waals surface area contributed by atoms with Crippen LogP contribution >= 0.6 is 0 Å². The van der Waals surface area contributed by atoms with E-state index in [0.29, 0.717) is 0 Å². The van der Waals surface area contributed by atoms with E-state index in [9.17, 15) is 4.79 Å². The summed E-state index contributed by atoms with van der Waals surface area (Å²) in [5.41, 5.74) is 1.87.